The molecule has 0 aromatic rings. The van der Waals surface area contributed by atoms with Crippen LogP contribution in [0, 0.1) is 5.92 Å². The fraction of sp³-hybridized carbons (Fsp3) is 0.700. The van der Waals surface area contributed by atoms with E-state index in [1.807, 2.05) is 6.92 Å². The van der Waals surface area contributed by atoms with Crippen molar-refractivity contribution < 1.29 is 28.8 Å². The summed E-state index contributed by atoms with van der Waals surface area (Å²) in [5, 5.41) is 5.17. The lowest BCUT2D eigenvalue weighted by Crippen LogP contribution is -2.51. The Morgan fingerprint density at radius 2 is 1.46 bits per heavy atom. The van der Waals surface area contributed by atoms with Crippen molar-refractivity contribution in [2.75, 3.05) is 0 Å². The van der Waals surface area contributed by atoms with Crippen LogP contribution in [0.15, 0.2) is 0 Å². The zero-order valence-electron chi connectivity index (χ0n) is 17.2. The Balaban J connectivity index is 4.89. The van der Waals surface area contributed by atoms with Gasteiger partial charge in [-0.15, -0.1) is 0 Å². The molecule has 0 heterocycles. The maximum absolute atomic E-state index is 12.5. The smallest absolute Gasteiger partial charge is 0.243 e. The maximum atomic E-state index is 12.5. The number of ketones is 3. The molecule has 8 nitrogen and oxygen atoms in total. The molecule has 8 heteroatoms. The van der Waals surface area contributed by atoms with Gasteiger partial charge in [0.1, 0.15) is 23.9 Å². The minimum absolute atomic E-state index is 0.0530. The summed E-state index contributed by atoms with van der Waals surface area (Å²) < 4.78 is 0. The Kier molecular flexibility index (Phi) is 12.6. The number of carbonyl (C=O) groups excluding carboxylic acids is 6. The zero-order chi connectivity index (χ0) is 21.7. The van der Waals surface area contributed by atoms with Gasteiger partial charge >= 0.3 is 0 Å². The largest absolute Gasteiger partial charge is 0.345 e. The molecule has 2 amide bonds. The molecule has 0 radical (unpaired) electrons. The number of carbonyl (C=O) groups is 6. The molecular formula is C20H32N2O6. The van der Waals surface area contributed by atoms with E-state index in [0.29, 0.717) is 19.1 Å². The first kappa shape index (κ1) is 25.6. The van der Waals surface area contributed by atoms with E-state index in [2.05, 4.69) is 10.6 Å². The molecule has 3 atom stereocenters. The van der Waals surface area contributed by atoms with Crippen molar-refractivity contribution in [2.45, 2.75) is 84.7 Å². The van der Waals surface area contributed by atoms with E-state index in [-0.39, 0.29) is 61.3 Å². The van der Waals surface area contributed by atoms with Gasteiger partial charge < -0.3 is 25.0 Å². The summed E-state index contributed by atoms with van der Waals surface area (Å²) in [6.07, 6.45) is 2.25. The number of nitrogens with one attached hydrogen (secondary N) is 2. The average molecular weight is 396 g/mol. The highest BCUT2D eigenvalue weighted by Gasteiger charge is 2.25. The van der Waals surface area contributed by atoms with E-state index >= 15 is 0 Å². The van der Waals surface area contributed by atoms with E-state index in [9.17, 15) is 28.8 Å². The first-order chi connectivity index (χ1) is 13.1. The van der Waals surface area contributed by atoms with Crippen molar-refractivity contribution >= 4 is 35.5 Å². The third kappa shape index (κ3) is 12.1. The fourth-order valence-electron chi connectivity index (χ4n) is 2.74. The van der Waals surface area contributed by atoms with E-state index in [1.165, 1.54) is 20.8 Å². The van der Waals surface area contributed by atoms with Crippen LogP contribution in [0.5, 0.6) is 0 Å². The third-order valence-electron chi connectivity index (χ3n) is 4.32. The first-order valence-corrected chi connectivity index (χ1v) is 9.59. The molecule has 28 heavy (non-hydrogen) atoms. The molecule has 0 aliphatic rings. The zero-order valence-corrected chi connectivity index (χ0v) is 17.2. The highest BCUT2D eigenvalue weighted by Crippen LogP contribution is 2.11. The molecule has 0 saturated carbocycles. The second-order valence-electron chi connectivity index (χ2n) is 7.33. The van der Waals surface area contributed by atoms with Crippen LogP contribution >= 0.6 is 0 Å². The van der Waals surface area contributed by atoms with Crippen molar-refractivity contribution in [3.8, 4) is 0 Å². The van der Waals surface area contributed by atoms with Gasteiger partial charge in [-0.1, -0.05) is 6.92 Å². The quantitative estimate of drug-likeness (QED) is 0.402. The molecule has 0 aliphatic carbocycles. The van der Waals surface area contributed by atoms with Gasteiger partial charge in [0.05, 0.1) is 6.04 Å². The molecule has 158 valence electrons. The lowest BCUT2D eigenvalue weighted by atomic mass is 9.99. The number of rotatable bonds is 15. The minimum atomic E-state index is -0.947. The highest BCUT2D eigenvalue weighted by atomic mass is 16.2. The minimum Gasteiger partial charge on any atom is -0.345 e. The predicted octanol–water partition coefficient (Wildman–Crippen LogP) is 1.29. The van der Waals surface area contributed by atoms with Gasteiger partial charge in [-0.2, -0.15) is 0 Å². The molecule has 0 saturated heterocycles. The molecule has 0 fully saturated rings. The first-order valence-electron chi connectivity index (χ1n) is 9.59. The molecule has 0 spiro atoms. The summed E-state index contributed by atoms with van der Waals surface area (Å²) in [6.45, 7) is 6.08. The summed E-state index contributed by atoms with van der Waals surface area (Å²) in [4.78, 5) is 69.3. The van der Waals surface area contributed by atoms with E-state index in [1.54, 1.807) is 0 Å². The van der Waals surface area contributed by atoms with Crippen LogP contribution in [0.3, 0.4) is 0 Å². The normalized spacial score (nSPS) is 13.7. The van der Waals surface area contributed by atoms with Gasteiger partial charge in [0.15, 0.2) is 5.78 Å². The van der Waals surface area contributed by atoms with Gasteiger partial charge in [0.2, 0.25) is 11.8 Å². The van der Waals surface area contributed by atoms with Crippen molar-refractivity contribution in [3.63, 3.8) is 0 Å². The number of hydrogen-bond donors (Lipinski definition) is 2. The predicted molar refractivity (Wildman–Crippen MR) is 103 cm³/mol. The van der Waals surface area contributed by atoms with Crippen LogP contribution in [0.2, 0.25) is 0 Å². The van der Waals surface area contributed by atoms with Crippen LogP contribution in [0.1, 0.15) is 72.6 Å². The molecule has 0 bridgehead atoms. The third-order valence-corrected chi connectivity index (χ3v) is 4.32. The van der Waals surface area contributed by atoms with Gasteiger partial charge in [-0.05, 0) is 46.0 Å². The van der Waals surface area contributed by atoms with Crippen LogP contribution in [0.25, 0.3) is 0 Å². The van der Waals surface area contributed by atoms with Crippen molar-refractivity contribution in [2.24, 2.45) is 5.92 Å². The fourth-order valence-corrected chi connectivity index (χ4v) is 2.74. The van der Waals surface area contributed by atoms with Gasteiger partial charge in [-0.25, -0.2) is 0 Å². The Morgan fingerprint density at radius 3 is 1.96 bits per heavy atom. The maximum Gasteiger partial charge on any atom is 0.243 e. The summed E-state index contributed by atoms with van der Waals surface area (Å²) >= 11 is 0. The summed E-state index contributed by atoms with van der Waals surface area (Å²) in [6, 6.07) is -1.76. The summed E-state index contributed by atoms with van der Waals surface area (Å²) in [5.41, 5.74) is 0. The summed E-state index contributed by atoms with van der Waals surface area (Å²) in [7, 11) is 0. The Morgan fingerprint density at radius 1 is 0.821 bits per heavy atom. The van der Waals surface area contributed by atoms with Crippen molar-refractivity contribution in [3.05, 3.63) is 0 Å². The van der Waals surface area contributed by atoms with Gasteiger partial charge in [-0.3, -0.25) is 14.4 Å². The second-order valence-corrected chi connectivity index (χ2v) is 7.33. The molecule has 3 unspecified atom stereocenters. The van der Waals surface area contributed by atoms with Gasteiger partial charge in [0, 0.05) is 25.7 Å². The molecule has 0 aromatic carbocycles. The number of amides is 2. The van der Waals surface area contributed by atoms with Crippen LogP contribution in [0.4, 0.5) is 0 Å². The lowest BCUT2D eigenvalue weighted by Gasteiger charge is -2.22. The molecule has 0 rings (SSSR count). The van der Waals surface area contributed by atoms with Gasteiger partial charge in [0.25, 0.3) is 0 Å². The van der Waals surface area contributed by atoms with Crippen LogP contribution in [-0.2, 0) is 28.8 Å². The molecule has 0 aliphatic heterocycles. The van der Waals surface area contributed by atoms with Crippen molar-refractivity contribution in [1.82, 2.24) is 10.6 Å². The van der Waals surface area contributed by atoms with E-state index in [0.717, 1.165) is 0 Å². The monoisotopic (exact) mass is 396 g/mol. The standard InChI is InChI=1S/C20H32N2O6/c1-13(12-15(3)25)7-10-19(27)21-18(9-8-14(2)24)20(28)22-17(16(4)26)6-5-11-23/h11,13,17-18H,5-10,12H2,1-4H3,(H,21,27)(H,22,28). The topological polar surface area (TPSA) is 126 Å². The average Bonchev–Trinajstić information content (AvgIpc) is 2.59. The Bertz CT molecular complexity index is 587. The highest BCUT2D eigenvalue weighted by molar-refractivity contribution is 5.92. The van der Waals surface area contributed by atoms with Crippen molar-refractivity contribution in [1.29, 1.82) is 0 Å². The molecule has 0 aromatic heterocycles. The Labute approximate surface area is 166 Å². The second kappa shape index (κ2) is 13.7. The SMILES string of the molecule is CC(=O)CCC(NC(=O)CCC(C)CC(C)=O)C(=O)NC(CCC=O)C(C)=O. The lowest BCUT2D eigenvalue weighted by molar-refractivity contribution is -0.132. The Hall–Kier alpha value is -2.38. The molecular weight excluding hydrogens is 364 g/mol. The van der Waals surface area contributed by atoms with E-state index in [4.69, 9.17) is 0 Å². The number of Topliss-reactive ketones (excluding diaryl/α,β-unsaturated/α-hetero) is 3. The molecule has 2 N–H and O–H groups in total. The summed E-state index contributed by atoms with van der Waals surface area (Å²) in [5.74, 6) is -1.21. The van der Waals surface area contributed by atoms with Crippen LogP contribution in [-0.4, -0.2) is 47.5 Å². The number of aldehydes is 1. The number of hydrogen-bond acceptors (Lipinski definition) is 6. The van der Waals surface area contributed by atoms with E-state index < -0.39 is 18.0 Å². The van der Waals surface area contributed by atoms with Crippen LogP contribution < -0.4 is 10.6 Å².